The minimum atomic E-state index is -0.297. The summed E-state index contributed by atoms with van der Waals surface area (Å²) >= 11 is 0. The summed E-state index contributed by atoms with van der Waals surface area (Å²) in [7, 11) is 4.06. The van der Waals surface area contributed by atoms with E-state index >= 15 is 0 Å². The van der Waals surface area contributed by atoms with Crippen LogP contribution in [0.1, 0.15) is 35.3 Å². The Balaban J connectivity index is 2.04. The van der Waals surface area contributed by atoms with Crippen LogP contribution in [0.2, 0.25) is 0 Å². The molecule has 0 aromatic carbocycles. The molecule has 0 atom stereocenters. The number of nitrogens with one attached hydrogen (secondary N) is 2. The Morgan fingerprint density at radius 2 is 2.16 bits per heavy atom. The van der Waals surface area contributed by atoms with E-state index in [1.54, 1.807) is 6.92 Å². The van der Waals surface area contributed by atoms with Gasteiger partial charge < -0.3 is 15.2 Å². The van der Waals surface area contributed by atoms with E-state index in [1.807, 2.05) is 14.1 Å². The average Bonchev–Trinajstić information content (AvgIpc) is 2.26. The summed E-state index contributed by atoms with van der Waals surface area (Å²) in [4.78, 5) is 28.8. The van der Waals surface area contributed by atoms with E-state index in [0.29, 0.717) is 6.54 Å². The molecule has 1 aliphatic carbocycles. The van der Waals surface area contributed by atoms with E-state index in [4.69, 9.17) is 0 Å². The van der Waals surface area contributed by atoms with Crippen molar-refractivity contribution in [2.24, 2.45) is 0 Å². The summed E-state index contributed by atoms with van der Waals surface area (Å²) in [6.45, 7) is 2.38. The first kappa shape index (κ1) is 13.8. The molecule has 1 aromatic heterocycles. The van der Waals surface area contributed by atoms with Crippen LogP contribution in [0, 0.1) is 6.92 Å². The molecule has 1 amide bonds. The summed E-state index contributed by atoms with van der Waals surface area (Å²) in [5.41, 5.74) is 0.762. The zero-order valence-corrected chi connectivity index (χ0v) is 11.7. The quantitative estimate of drug-likeness (QED) is 0.848. The number of aryl methyl sites for hydroxylation is 1. The molecule has 5 heteroatoms. The fourth-order valence-corrected chi connectivity index (χ4v) is 2.46. The van der Waals surface area contributed by atoms with Gasteiger partial charge in [-0.3, -0.25) is 9.59 Å². The van der Waals surface area contributed by atoms with Crippen molar-refractivity contribution in [1.82, 2.24) is 15.2 Å². The number of pyridine rings is 1. The third-order valence-corrected chi connectivity index (χ3v) is 4.11. The van der Waals surface area contributed by atoms with Gasteiger partial charge in [-0.25, -0.2) is 0 Å². The van der Waals surface area contributed by atoms with Gasteiger partial charge in [-0.1, -0.05) is 0 Å². The Morgan fingerprint density at radius 1 is 1.47 bits per heavy atom. The number of carbonyl (C=O) groups excluding carboxylic acids is 1. The fourth-order valence-electron chi connectivity index (χ4n) is 2.46. The number of hydrogen-bond acceptors (Lipinski definition) is 3. The molecule has 1 aliphatic rings. The van der Waals surface area contributed by atoms with Crippen molar-refractivity contribution in [2.75, 3.05) is 20.6 Å². The summed E-state index contributed by atoms with van der Waals surface area (Å²) in [5.74, 6) is -0.297. The first-order valence-electron chi connectivity index (χ1n) is 6.60. The van der Waals surface area contributed by atoms with Crippen LogP contribution in [0.4, 0.5) is 0 Å². The Labute approximate surface area is 113 Å². The molecule has 2 N–H and O–H groups in total. The largest absolute Gasteiger partial charge is 0.364 e. The minimum absolute atomic E-state index is 0.0626. The molecule has 19 heavy (non-hydrogen) atoms. The highest BCUT2D eigenvalue weighted by atomic mass is 16.2. The van der Waals surface area contributed by atoms with Gasteiger partial charge in [0.25, 0.3) is 5.91 Å². The van der Waals surface area contributed by atoms with Gasteiger partial charge in [-0.05, 0) is 40.3 Å². The standard InChI is InChI=1S/C14H21N3O2/c1-10-7-12(18)11(8-15-10)13(19)16-9-14(17(2)3)5-4-6-14/h7-8H,4-6,9H2,1-3H3,(H,15,18)(H,16,19). The normalized spacial score (nSPS) is 17.1. The van der Waals surface area contributed by atoms with Gasteiger partial charge in [0.1, 0.15) is 5.56 Å². The summed E-state index contributed by atoms with van der Waals surface area (Å²) in [6.07, 6.45) is 4.85. The number of aromatic amines is 1. The summed E-state index contributed by atoms with van der Waals surface area (Å²) in [5, 5.41) is 2.88. The zero-order valence-electron chi connectivity index (χ0n) is 11.7. The van der Waals surface area contributed by atoms with Crippen molar-refractivity contribution in [3.63, 3.8) is 0 Å². The number of likely N-dealkylation sites (N-methyl/N-ethyl adjacent to an activating group) is 1. The number of hydrogen-bond donors (Lipinski definition) is 2. The molecule has 0 saturated heterocycles. The number of amides is 1. The molecule has 0 bridgehead atoms. The second kappa shape index (κ2) is 5.17. The molecule has 5 nitrogen and oxygen atoms in total. The highest BCUT2D eigenvalue weighted by Gasteiger charge is 2.39. The number of nitrogens with zero attached hydrogens (tertiary/aromatic N) is 1. The van der Waals surface area contributed by atoms with E-state index in [0.717, 1.165) is 18.5 Å². The topological polar surface area (TPSA) is 65.2 Å². The molecule has 0 spiro atoms. The highest BCUT2D eigenvalue weighted by Crippen LogP contribution is 2.35. The molecule has 0 radical (unpaired) electrons. The lowest BCUT2D eigenvalue weighted by molar-refractivity contribution is 0.0557. The number of rotatable bonds is 4. The molecule has 1 heterocycles. The third kappa shape index (κ3) is 2.71. The SMILES string of the molecule is Cc1cc(=O)c(C(=O)NCC2(N(C)C)CCC2)c[nH]1. The van der Waals surface area contributed by atoms with Crippen LogP contribution in [-0.4, -0.2) is 42.0 Å². The third-order valence-electron chi connectivity index (χ3n) is 4.11. The van der Waals surface area contributed by atoms with Crippen molar-refractivity contribution in [2.45, 2.75) is 31.7 Å². The Hall–Kier alpha value is -1.62. The second-order valence-corrected chi connectivity index (χ2v) is 5.55. The first-order valence-corrected chi connectivity index (χ1v) is 6.60. The molecule has 0 unspecified atom stereocenters. The molecule has 0 aliphatic heterocycles. The maximum Gasteiger partial charge on any atom is 0.256 e. The monoisotopic (exact) mass is 263 g/mol. The second-order valence-electron chi connectivity index (χ2n) is 5.55. The molecule has 104 valence electrons. The molecular weight excluding hydrogens is 242 g/mol. The molecular formula is C14H21N3O2. The zero-order chi connectivity index (χ0) is 14.0. The van der Waals surface area contributed by atoms with Gasteiger partial charge in [-0.2, -0.15) is 0 Å². The maximum atomic E-state index is 12.0. The van der Waals surface area contributed by atoms with Gasteiger partial charge in [0, 0.05) is 30.0 Å². The average molecular weight is 263 g/mol. The molecule has 1 aromatic rings. The van der Waals surface area contributed by atoms with Gasteiger partial charge >= 0.3 is 0 Å². The van der Waals surface area contributed by atoms with Crippen LogP contribution >= 0.6 is 0 Å². The first-order chi connectivity index (χ1) is 8.94. The van der Waals surface area contributed by atoms with Crippen molar-refractivity contribution >= 4 is 5.91 Å². The lowest BCUT2D eigenvalue weighted by Gasteiger charge is -2.47. The fraction of sp³-hybridized carbons (Fsp3) is 0.571. The van der Waals surface area contributed by atoms with E-state index in [9.17, 15) is 9.59 Å². The number of carbonyl (C=O) groups is 1. The van der Waals surface area contributed by atoms with Gasteiger partial charge in [0.2, 0.25) is 0 Å². The Bertz CT molecular complexity index is 530. The van der Waals surface area contributed by atoms with E-state index in [2.05, 4.69) is 15.2 Å². The van der Waals surface area contributed by atoms with Crippen LogP contribution in [0.3, 0.4) is 0 Å². The van der Waals surface area contributed by atoms with Crippen LogP contribution in [-0.2, 0) is 0 Å². The van der Waals surface area contributed by atoms with E-state index in [1.165, 1.54) is 18.7 Å². The van der Waals surface area contributed by atoms with Gasteiger partial charge in [-0.15, -0.1) is 0 Å². The number of H-pyrrole nitrogens is 1. The van der Waals surface area contributed by atoms with Crippen LogP contribution < -0.4 is 10.7 Å². The van der Waals surface area contributed by atoms with Crippen LogP contribution in [0.5, 0.6) is 0 Å². The minimum Gasteiger partial charge on any atom is -0.364 e. The van der Waals surface area contributed by atoms with Crippen molar-refractivity contribution in [1.29, 1.82) is 0 Å². The predicted octanol–water partition coefficient (Wildman–Crippen LogP) is 0.897. The molecule has 2 rings (SSSR count). The smallest absolute Gasteiger partial charge is 0.256 e. The van der Waals surface area contributed by atoms with Crippen molar-refractivity contribution in [3.05, 3.63) is 33.7 Å². The van der Waals surface area contributed by atoms with Crippen molar-refractivity contribution in [3.8, 4) is 0 Å². The predicted molar refractivity (Wildman–Crippen MR) is 74.4 cm³/mol. The van der Waals surface area contributed by atoms with Gasteiger partial charge in [0.15, 0.2) is 5.43 Å². The van der Waals surface area contributed by atoms with Crippen molar-refractivity contribution < 1.29 is 4.79 Å². The molecule has 1 saturated carbocycles. The van der Waals surface area contributed by atoms with E-state index < -0.39 is 0 Å². The van der Waals surface area contributed by atoms with Crippen LogP contribution in [0.25, 0.3) is 0 Å². The summed E-state index contributed by atoms with van der Waals surface area (Å²) < 4.78 is 0. The van der Waals surface area contributed by atoms with Gasteiger partial charge in [0.05, 0.1) is 0 Å². The lowest BCUT2D eigenvalue weighted by atomic mass is 9.75. The van der Waals surface area contributed by atoms with E-state index in [-0.39, 0.29) is 22.4 Å². The number of aromatic nitrogens is 1. The molecule has 1 fully saturated rings. The Kier molecular flexibility index (Phi) is 3.75. The maximum absolute atomic E-state index is 12.0. The van der Waals surface area contributed by atoms with Crippen LogP contribution in [0.15, 0.2) is 17.1 Å². The summed E-state index contributed by atoms with van der Waals surface area (Å²) in [6, 6.07) is 1.44. The highest BCUT2D eigenvalue weighted by molar-refractivity contribution is 5.93. The lowest BCUT2D eigenvalue weighted by Crippen LogP contribution is -2.57. The Morgan fingerprint density at radius 3 is 2.63 bits per heavy atom.